The Morgan fingerprint density at radius 2 is 1.68 bits per heavy atom. The molecule has 1 aromatic heterocycles. The van der Waals surface area contributed by atoms with Crippen LogP contribution in [0.15, 0.2) is 60.7 Å². The van der Waals surface area contributed by atoms with Gasteiger partial charge in [-0.25, -0.2) is 14.6 Å². The summed E-state index contributed by atoms with van der Waals surface area (Å²) in [7, 11) is 0. The third-order valence-electron chi connectivity index (χ3n) is 5.48. The number of carbonyl (C=O) groups excluding carboxylic acids is 2. The van der Waals surface area contributed by atoms with E-state index in [1.807, 2.05) is 48.5 Å². The summed E-state index contributed by atoms with van der Waals surface area (Å²) in [5.41, 5.74) is 4.38. The van der Waals surface area contributed by atoms with Gasteiger partial charge in [-0.05, 0) is 34.4 Å². The van der Waals surface area contributed by atoms with Gasteiger partial charge in [0.25, 0.3) is 0 Å². The summed E-state index contributed by atoms with van der Waals surface area (Å²) in [5.74, 6) is -1.72. The zero-order valence-electron chi connectivity index (χ0n) is 16.2. The molecule has 2 heterocycles. The topological polar surface area (TPSA) is 109 Å². The lowest BCUT2D eigenvalue weighted by atomic mass is 9.98. The molecule has 5 rings (SSSR count). The number of pyridine rings is 1. The van der Waals surface area contributed by atoms with Gasteiger partial charge in [0.1, 0.15) is 13.2 Å². The molecule has 0 saturated heterocycles. The monoisotopic (exact) mass is 415 g/mol. The molecule has 8 heteroatoms. The highest BCUT2D eigenvalue weighted by Crippen LogP contribution is 2.44. The largest absolute Gasteiger partial charge is 0.477 e. The van der Waals surface area contributed by atoms with Crippen molar-refractivity contribution < 1.29 is 24.2 Å². The van der Waals surface area contributed by atoms with E-state index in [1.165, 1.54) is 12.1 Å². The Morgan fingerprint density at radius 1 is 1.03 bits per heavy atom. The number of ether oxygens (including phenoxy) is 1. The predicted molar refractivity (Wildman–Crippen MR) is 112 cm³/mol. The third-order valence-corrected chi connectivity index (χ3v) is 5.48. The quantitative estimate of drug-likeness (QED) is 0.678. The van der Waals surface area contributed by atoms with Crippen molar-refractivity contribution in [3.8, 4) is 11.1 Å². The highest BCUT2D eigenvalue weighted by Gasteiger charge is 2.33. The number of anilines is 2. The Labute approximate surface area is 177 Å². The molecule has 2 amide bonds. The van der Waals surface area contributed by atoms with Crippen LogP contribution >= 0.6 is 0 Å². The zero-order chi connectivity index (χ0) is 21.5. The number of carboxylic acid groups (broad SMARTS) is 1. The highest BCUT2D eigenvalue weighted by molar-refractivity contribution is 6.07. The third kappa shape index (κ3) is 3.18. The number of benzene rings is 2. The SMILES string of the molecule is O=C1CN(C(=O)OCC2c3ccccc3-c3ccccc32)c2nc(C(=O)O)ccc2N1. The van der Waals surface area contributed by atoms with Gasteiger partial charge >= 0.3 is 12.1 Å². The van der Waals surface area contributed by atoms with Crippen LogP contribution in [0.4, 0.5) is 16.3 Å². The molecule has 2 aliphatic rings. The van der Waals surface area contributed by atoms with E-state index in [4.69, 9.17) is 4.74 Å². The maximum Gasteiger partial charge on any atom is 0.416 e. The van der Waals surface area contributed by atoms with Crippen molar-refractivity contribution in [3.05, 3.63) is 77.5 Å². The van der Waals surface area contributed by atoms with E-state index in [0.29, 0.717) is 0 Å². The van der Waals surface area contributed by atoms with Crippen LogP contribution in [0.25, 0.3) is 11.1 Å². The van der Waals surface area contributed by atoms with Gasteiger partial charge in [-0.3, -0.25) is 9.69 Å². The van der Waals surface area contributed by atoms with E-state index >= 15 is 0 Å². The van der Waals surface area contributed by atoms with Crippen molar-refractivity contribution >= 4 is 29.5 Å². The van der Waals surface area contributed by atoms with Crippen LogP contribution in [0.3, 0.4) is 0 Å². The molecule has 2 aromatic carbocycles. The Balaban J connectivity index is 1.41. The van der Waals surface area contributed by atoms with Gasteiger partial charge in [0.2, 0.25) is 5.91 Å². The number of fused-ring (bicyclic) bond motifs is 4. The number of rotatable bonds is 3. The highest BCUT2D eigenvalue weighted by atomic mass is 16.6. The molecule has 8 nitrogen and oxygen atoms in total. The van der Waals surface area contributed by atoms with Crippen molar-refractivity contribution in [2.24, 2.45) is 0 Å². The maximum atomic E-state index is 12.9. The first-order valence-corrected chi connectivity index (χ1v) is 9.69. The molecule has 0 saturated carbocycles. The van der Waals surface area contributed by atoms with Crippen molar-refractivity contribution in [2.45, 2.75) is 5.92 Å². The summed E-state index contributed by atoms with van der Waals surface area (Å²) in [6.45, 7) is -0.224. The van der Waals surface area contributed by atoms with Crippen molar-refractivity contribution in [2.75, 3.05) is 23.4 Å². The molecule has 0 atom stereocenters. The van der Waals surface area contributed by atoms with E-state index in [1.54, 1.807) is 0 Å². The number of carboxylic acids is 1. The Bertz CT molecular complexity index is 1190. The lowest BCUT2D eigenvalue weighted by Crippen LogP contribution is -2.43. The van der Waals surface area contributed by atoms with Gasteiger partial charge in [-0.1, -0.05) is 48.5 Å². The number of amides is 2. The average Bonchev–Trinajstić information content (AvgIpc) is 3.10. The molecule has 0 spiro atoms. The second-order valence-electron chi connectivity index (χ2n) is 7.31. The smallest absolute Gasteiger partial charge is 0.416 e. The van der Waals surface area contributed by atoms with Crippen molar-refractivity contribution in [1.29, 1.82) is 0 Å². The van der Waals surface area contributed by atoms with E-state index in [9.17, 15) is 19.5 Å². The summed E-state index contributed by atoms with van der Waals surface area (Å²) in [6, 6.07) is 18.6. The first kappa shape index (κ1) is 18.8. The molecule has 0 unspecified atom stereocenters. The van der Waals surface area contributed by atoms with Crippen LogP contribution < -0.4 is 10.2 Å². The molecule has 0 radical (unpaired) electrons. The maximum absolute atomic E-state index is 12.9. The molecule has 0 bridgehead atoms. The standard InChI is InChI=1S/C23H17N3O5/c27-20-11-26(21-18(24-20)9-10-19(25-21)22(28)29)23(30)31-12-17-15-7-3-1-5-13(15)14-6-2-4-8-16(14)17/h1-10,17H,11-12H2,(H,24,27)(H,28,29). The Hall–Kier alpha value is -4.20. The van der Waals surface area contributed by atoms with Gasteiger partial charge in [-0.2, -0.15) is 0 Å². The van der Waals surface area contributed by atoms with Gasteiger partial charge in [-0.15, -0.1) is 0 Å². The number of nitrogens with one attached hydrogen (secondary N) is 1. The summed E-state index contributed by atoms with van der Waals surface area (Å²) >= 11 is 0. The molecular weight excluding hydrogens is 398 g/mol. The zero-order valence-corrected chi connectivity index (χ0v) is 16.2. The fraction of sp³-hybridized carbons (Fsp3) is 0.130. The normalized spacial score (nSPS) is 14.3. The lowest BCUT2D eigenvalue weighted by molar-refractivity contribution is -0.115. The Kier molecular flexibility index (Phi) is 4.39. The van der Waals surface area contributed by atoms with Crippen molar-refractivity contribution in [1.82, 2.24) is 4.98 Å². The fourth-order valence-electron chi connectivity index (χ4n) is 4.10. The minimum Gasteiger partial charge on any atom is -0.477 e. The van der Waals surface area contributed by atoms with Crippen LogP contribution in [0.1, 0.15) is 27.5 Å². The first-order chi connectivity index (χ1) is 15.0. The van der Waals surface area contributed by atoms with Gasteiger partial charge in [0.15, 0.2) is 11.5 Å². The molecule has 1 aliphatic heterocycles. The molecule has 31 heavy (non-hydrogen) atoms. The molecule has 3 aromatic rings. The van der Waals surface area contributed by atoms with Gasteiger partial charge in [0, 0.05) is 5.92 Å². The summed E-state index contributed by atoms with van der Waals surface area (Å²) in [5, 5.41) is 11.8. The van der Waals surface area contributed by atoms with Gasteiger partial charge in [0.05, 0.1) is 5.69 Å². The number of nitrogens with zero attached hydrogens (tertiary/aromatic N) is 2. The van der Waals surface area contributed by atoms with Crippen LogP contribution in [-0.4, -0.2) is 41.2 Å². The average molecular weight is 415 g/mol. The second-order valence-corrected chi connectivity index (χ2v) is 7.31. The van der Waals surface area contributed by atoms with Crippen LogP contribution in [0.5, 0.6) is 0 Å². The number of aromatic nitrogens is 1. The number of hydrogen-bond donors (Lipinski definition) is 2. The summed E-state index contributed by atoms with van der Waals surface area (Å²) < 4.78 is 5.60. The summed E-state index contributed by atoms with van der Waals surface area (Å²) in [4.78, 5) is 41.3. The minimum atomic E-state index is -1.23. The number of aromatic carboxylic acids is 1. The number of hydrogen-bond acceptors (Lipinski definition) is 5. The van der Waals surface area contributed by atoms with Crippen LogP contribution in [0.2, 0.25) is 0 Å². The summed E-state index contributed by atoms with van der Waals surface area (Å²) in [6.07, 6.45) is -0.756. The van der Waals surface area contributed by atoms with E-state index < -0.39 is 18.0 Å². The first-order valence-electron chi connectivity index (χ1n) is 9.69. The van der Waals surface area contributed by atoms with Gasteiger partial charge < -0.3 is 15.2 Å². The lowest BCUT2D eigenvalue weighted by Gasteiger charge is -2.28. The second kappa shape index (κ2) is 7.24. The minimum absolute atomic E-state index is 0.0525. The van der Waals surface area contributed by atoms with E-state index in [-0.39, 0.29) is 36.3 Å². The fourth-order valence-corrected chi connectivity index (χ4v) is 4.10. The van der Waals surface area contributed by atoms with Crippen LogP contribution in [0, 0.1) is 0 Å². The molecule has 1 aliphatic carbocycles. The Morgan fingerprint density at radius 3 is 2.32 bits per heavy atom. The molecular formula is C23H17N3O5. The van der Waals surface area contributed by atoms with E-state index in [2.05, 4.69) is 10.3 Å². The predicted octanol–water partition coefficient (Wildman–Crippen LogP) is 3.49. The van der Waals surface area contributed by atoms with Crippen molar-refractivity contribution in [3.63, 3.8) is 0 Å². The molecule has 0 fully saturated rings. The van der Waals surface area contributed by atoms with Crippen LogP contribution in [-0.2, 0) is 9.53 Å². The molecule has 2 N–H and O–H groups in total. The molecule has 154 valence electrons. The number of carbonyl (C=O) groups is 3. The van der Waals surface area contributed by atoms with E-state index in [0.717, 1.165) is 27.2 Å².